The fourth-order valence-electron chi connectivity index (χ4n) is 2.03. The zero-order valence-electron chi connectivity index (χ0n) is 14.4. The van der Waals surface area contributed by atoms with E-state index >= 15 is 0 Å². The first kappa shape index (κ1) is 19.6. The van der Waals surface area contributed by atoms with Crippen LogP contribution in [0.3, 0.4) is 0 Å². The summed E-state index contributed by atoms with van der Waals surface area (Å²) in [6.45, 7) is 14.9. The number of rotatable bonds is 9. The molecule has 0 aromatic carbocycles. The topological polar surface area (TPSA) is 52.4 Å². The second-order valence-corrected chi connectivity index (χ2v) is 11.9. The van der Waals surface area contributed by atoms with Crippen LogP contribution in [0.25, 0.3) is 0 Å². The molecule has 0 rings (SSSR count). The van der Waals surface area contributed by atoms with Crippen LogP contribution in [0.4, 0.5) is 0 Å². The van der Waals surface area contributed by atoms with Crippen molar-refractivity contribution in [2.45, 2.75) is 97.0 Å². The minimum Gasteiger partial charge on any atom is -0.407 e. The van der Waals surface area contributed by atoms with Crippen molar-refractivity contribution in [3.63, 3.8) is 0 Å². The maximum atomic E-state index is 11.3. The summed E-state index contributed by atoms with van der Waals surface area (Å²) in [7, 11) is -1.96. The van der Waals surface area contributed by atoms with Crippen LogP contribution < -0.4 is 0 Å². The van der Waals surface area contributed by atoms with E-state index in [1.807, 2.05) is 6.92 Å². The van der Waals surface area contributed by atoms with Crippen molar-refractivity contribution in [3.05, 3.63) is 10.1 Å². The molecule has 4 nitrogen and oxygen atoms in total. The Kier molecular flexibility index (Phi) is 7.95. The molecule has 0 aliphatic carbocycles. The first-order valence-corrected chi connectivity index (χ1v) is 10.8. The van der Waals surface area contributed by atoms with E-state index in [0.717, 1.165) is 25.7 Å². The van der Waals surface area contributed by atoms with Crippen LogP contribution in [0, 0.1) is 10.1 Å². The molecule has 0 aliphatic heterocycles. The number of hydrogen-bond acceptors (Lipinski definition) is 3. The van der Waals surface area contributed by atoms with E-state index in [9.17, 15) is 10.1 Å². The molecule has 0 aromatic rings. The number of unbranched alkanes of at least 4 members (excludes halogenated alkanes) is 2. The van der Waals surface area contributed by atoms with Crippen LogP contribution in [-0.4, -0.2) is 25.4 Å². The Labute approximate surface area is 125 Å². The summed E-state index contributed by atoms with van der Waals surface area (Å²) in [6, 6.07) is -0.569. The van der Waals surface area contributed by atoms with Gasteiger partial charge in [0.1, 0.15) is 6.10 Å². The average molecular weight is 304 g/mol. The van der Waals surface area contributed by atoms with Crippen molar-refractivity contribution in [2.75, 3.05) is 0 Å². The fraction of sp³-hybridized carbons (Fsp3) is 1.00. The molecule has 0 bridgehead atoms. The van der Waals surface area contributed by atoms with Gasteiger partial charge in [-0.2, -0.15) is 0 Å². The Morgan fingerprint density at radius 1 is 1.20 bits per heavy atom. The lowest BCUT2D eigenvalue weighted by atomic mass is 10.0. The summed E-state index contributed by atoms with van der Waals surface area (Å²) in [5, 5.41) is 11.4. The van der Waals surface area contributed by atoms with Crippen LogP contribution in [-0.2, 0) is 4.43 Å². The van der Waals surface area contributed by atoms with E-state index in [4.69, 9.17) is 4.43 Å². The van der Waals surface area contributed by atoms with Gasteiger partial charge in [0.05, 0.1) is 0 Å². The van der Waals surface area contributed by atoms with Gasteiger partial charge in [-0.1, -0.05) is 53.9 Å². The summed E-state index contributed by atoms with van der Waals surface area (Å²) in [6.07, 6.45) is 4.37. The molecule has 0 heterocycles. The smallest absolute Gasteiger partial charge is 0.237 e. The summed E-state index contributed by atoms with van der Waals surface area (Å²) < 4.78 is 6.36. The third-order valence-electron chi connectivity index (χ3n) is 4.46. The molecule has 0 fully saturated rings. The van der Waals surface area contributed by atoms with Crippen LogP contribution in [0.1, 0.15) is 66.7 Å². The Bertz CT molecular complexity index is 300. The molecule has 2 atom stereocenters. The first-order chi connectivity index (χ1) is 9.06. The van der Waals surface area contributed by atoms with Crippen molar-refractivity contribution in [1.82, 2.24) is 0 Å². The summed E-state index contributed by atoms with van der Waals surface area (Å²) in [4.78, 5) is 11.1. The highest BCUT2D eigenvalue weighted by Gasteiger charge is 2.42. The lowest BCUT2D eigenvalue weighted by Gasteiger charge is -2.39. The molecule has 0 saturated heterocycles. The maximum Gasteiger partial charge on any atom is 0.237 e. The molecule has 120 valence electrons. The molecule has 0 N–H and O–H groups in total. The van der Waals surface area contributed by atoms with Gasteiger partial charge in [0.15, 0.2) is 8.32 Å². The standard InChI is InChI=1S/C15H33NO3Si/c1-8-10-11-12-14(13(9-2)16(17)18)19-20(6,7)15(3,4)5/h13-14H,8-12H2,1-7H3/t13-,14+/m0/s1. The highest BCUT2D eigenvalue weighted by Crippen LogP contribution is 2.38. The SMILES string of the molecule is CCCCC[C@@H](O[Si](C)(C)C(C)(C)C)[C@H](CC)[N+](=O)[O-]. The van der Waals surface area contributed by atoms with Gasteiger partial charge >= 0.3 is 0 Å². The van der Waals surface area contributed by atoms with Gasteiger partial charge in [0.25, 0.3) is 0 Å². The molecule has 0 spiro atoms. The normalized spacial score (nSPS) is 15.9. The monoisotopic (exact) mass is 303 g/mol. The zero-order valence-corrected chi connectivity index (χ0v) is 15.4. The molecule has 0 aliphatic rings. The summed E-state index contributed by atoms with van der Waals surface area (Å²) in [5.74, 6) is 0. The minimum absolute atomic E-state index is 0.0882. The number of hydrogen-bond donors (Lipinski definition) is 0. The van der Waals surface area contributed by atoms with Gasteiger partial charge in [0, 0.05) is 11.3 Å². The molecular weight excluding hydrogens is 270 g/mol. The van der Waals surface area contributed by atoms with Crippen molar-refractivity contribution in [3.8, 4) is 0 Å². The quantitative estimate of drug-likeness (QED) is 0.260. The van der Waals surface area contributed by atoms with Crippen LogP contribution >= 0.6 is 0 Å². The van der Waals surface area contributed by atoms with E-state index in [-0.39, 0.29) is 16.1 Å². The molecule has 5 heteroatoms. The highest BCUT2D eigenvalue weighted by molar-refractivity contribution is 6.74. The van der Waals surface area contributed by atoms with Gasteiger partial charge in [-0.05, 0) is 24.6 Å². The van der Waals surface area contributed by atoms with Crippen molar-refractivity contribution >= 4 is 8.32 Å². The third-order valence-corrected chi connectivity index (χ3v) is 8.97. The second-order valence-electron chi connectivity index (χ2n) is 7.17. The average Bonchev–Trinajstić information content (AvgIpc) is 2.27. The Morgan fingerprint density at radius 3 is 2.10 bits per heavy atom. The van der Waals surface area contributed by atoms with Gasteiger partial charge in [-0.25, -0.2) is 0 Å². The molecule has 0 radical (unpaired) electrons. The van der Waals surface area contributed by atoms with Crippen molar-refractivity contribution in [2.24, 2.45) is 0 Å². The number of nitro groups is 1. The third kappa shape index (κ3) is 5.91. The van der Waals surface area contributed by atoms with Crippen molar-refractivity contribution in [1.29, 1.82) is 0 Å². The lowest BCUT2D eigenvalue weighted by molar-refractivity contribution is -0.534. The van der Waals surface area contributed by atoms with Crippen LogP contribution in [0.15, 0.2) is 0 Å². The molecule has 0 unspecified atom stereocenters. The lowest BCUT2D eigenvalue weighted by Crippen LogP contribution is -2.48. The predicted molar refractivity (Wildman–Crippen MR) is 87.3 cm³/mol. The van der Waals surface area contributed by atoms with Crippen molar-refractivity contribution < 1.29 is 9.35 Å². The van der Waals surface area contributed by atoms with E-state index in [1.54, 1.807) is 0 Å². The summed E-state index contributed by atoms with van der Waals surface area (Å²) in [5.41, 5.74) is 0. The second kappa shape index (κ2) is 8.13. The molecular formula is C15H33NO3Si. The van der Waals surface area contributed by atoms with Crippen LogP contribution in [0.2, 0.25) is 18.1 Å². The molecule has 0 saturated carbocycles. The Balaban J connectivity index is 4.97. The maximum absolute atomic E-state index is 11.3. The predicted octanol–water partition coefficient (Wildman–Crippen LogP) is 5.01. The highest BCUT2D eigenvalue weighted by atomic mass is 28.4. The van der Waals surface area contributed by atoms with E-state index < -0.39 is 14.4 Å². The zero-order chi connectivity index (χ0) is 16.0. The van der Waals surface area contributed by atoms with E-state index in [0.29, 0.717) is 6.42 Å². The molecule has 0 aromatic heterocycles. The van der Waals surface area contributed by atoms with Gasteiger partial charge in [0.2, 0.25) is 6.04 Å². The van der Waals surface area contributed by atoms with Gasteiger partial charge in [-0.15, -0.1) is 0 Å². The summed E-state index contributed by atoms with van der Waals surface area (Å²) >= 11 is 0. The largest absolute Gasteiger partial charge is 0.407 e. The van der Waals surface area contributed by atoms with Gasteiger partial charge in [-0.3, -0.25) is 10.1 Å². The van der Waals surface area contributed by atoms with E-state index in [1.165, 1.54) is 0 Å². The molecule has 20 heavy (non-hydrogen) atoms. The first-order valence-electron chi connectivity index (χ1n) is 7.88. The molecule has 0 amide bonds. The van der Waals surface area contributed by atoms with E-state index in [2.05, 4.69) is 40.8 Å². The Morgan fingerprint density at radius 2 is 1.75 bits per heavy atom. The number of nitrogens with zero attached hydrogens (tertiary/aromatic N) is 1. The minimum atomic E-state index is -1.96. The Hall–Kier alpha value is -0.423. The van der Waals surface area contributed by atoms with Crippen LogP contribution in [0.5, 0.6) is 0 Å². The fourth-order valence-corrected chi connectivity index (χ4v) is 3.41. The van der Waals surface area contributed by atoms with Gasteiger partial charge < -0.3 is 4.43 Å².